The molecule has 1 heterocycles. The van der Waals surface area contributed by atoms with Crippen molar-refractivity contribution in [1.29, 1.82) is 0 Å². The molecule has 2 rings (SSSR count). The molecule has 1 fully saturated rings. The lowest BCUT2D eigenvalue weighted by Gasteiger charge is -2.23. The maximum atomic E-state index is 3.70. The number of nitrogens with one attached hydrogen (secondary N) is 1. The molecule has 0 spiro atoms. The molecule has 0 aliphatic heterocycles. The fraction of sp³-hybridized carbons (Fsp3) is 0.750. The first kappa shape index (κ1) is 14.1. The Morgan fingerprint density at radius 1 is 1.28 bits per heavy atom. The van der Waals surface area contributed by atoms with Crippen LogP contribution in [0.5, 0.6) is 0 Å². The Bertz CT molecular complexity index is 337. The van der Waals surface area contributed by atoms with Gasteiger partial charge in [-0.25, -0.2) is 0 Å². The van der Waals surface area contributed by atoms with Crippen molar-refractivity contribution >= 4 is 11.3 Å². The molecule has 1 aromatic rings. The summed E-state index contributed by atoms with van der Waals surface area (Å²) in [5.41, 5.74) is 1.47. The van der Waals surface area contributed by atoms with E-state index in [4.69, 9.17) is 0 Å². The lowest BCUT2D eigenvalue weighted by Crippen LogP contribution is -2.23. The number of rotatable bonds is 5. The number of hydrogen-bond acceptors (Lipinski definition) is 2. The molecular weight excluding hydrogens is 238 g/mol. The van der Waals surface area contributed by atoms with Gasteiger partial charge in [-0.2, -0.15) is 0 Å². The van der Waals surface area contributed by atoms with Crippen molar-refractivity contribution in [3.8, 4) is 0 Å². The van der Waals surface area contributed by atoms with Crippen LogP contribution in [0.1, 0.15) is 68.4 Å². The van der Waals surface area contributed by atoms with Crippen LogP contribution >= 0.6 is 11.3 Å². The summed E-state index contributed by atoms with van der Waals surface area (Å²) in [6.45, 7) is 5.56. The summed E-state index contributed by atoms with van der Waals surface area (Å²) in [6, 6.07) is 2.86. The molecule has 1 N–H and O–H groups in total. The first-order chi connectivity index (χ1) is 8.81. The fourth-order valence-electron chi connectivity index (χ4n) is 3.20. The van der Waals surface area contributed by atoms with E-state index in [1.54, 1.807) is 4.88 Å². The summed E-state index contributed by atoms with van der Waals surface area (Å²) >= 11 is 1.93. The summed E-state index contributed by atoms with van der Waals surface area (Å²) in [7, 11) is 0. The van der Waals surface area contributed by atoms with Gasteiger partial charge in [0.1, 0.15) is 0 Å². The van der Waals surface area contributed by atoms with Crippen LogP contribution in [0.3, 0.4) is 0 Å². The molecule has 0 radical (unpaired) electrons. The summed E-state index contributed by atoms with van der Waals surface area (Å²) in [5.74, 6) is 0.943. The molecule has 0 aromatic carbocycles. The predicted octanol–water partition coefficient (Wildman–Crippen LogP) is 5.07. The Labute approximate surface area is 116 Å². The second-order valence-corrected chi connectivity index (χ2v) is 6.62. The molecule has 1 aliphatic rings. The highest BCUT2D eigenvalue weighted by Gasteiger charge is 2.20. The minimum absolute atomic E-state index is 0.595. The molecular formula is C16H27NS. The van der Waals surface area contributed by atoms with Gasteiger partial charge in [0.25, 0.3) is 0 Å². The third kappa shape index (κ3) is 3.83. The van der Waals surface area contributed by atoms with Crippen LogP contribution in [0.2, 0.25) is 0 Å². The van der Waals surface area contributed by atoms with Crippen LogP contribution in [0.15, 0.2) is 11.4 Å². The zero-order valence-corrected chi connectivity index (χ0v) is 12.7. The van der Waals surface area contributed by atoms with Crippen LogP contribution in [-0.2, 0) is 0 Å². The van der Waals surface area contributed by atoms with Crippen LogP contribution in [0, 0.1) is 12.8 Å². The third-order valence-electron chi connectivity index (χ3n) is 4.21. The van der Waals surface area contributed by atoms with Crippen molar-refractivity contribution in [1.82, 2.24) is 5.32 Å². The average Bonchev–Trinajstić information content (AvgIpc) is 2.63. The average molecular weight is 265 g/mol. The Kier molecular flexibility index (Phi) is 5.71. The van der Waals surface area contributed by atoms with Gasteiger partial charge >= 0.3 is 0 Å². The molecule has 1 nitrogen and oxygen atoms in total. The first-order valence-electron chi connectivity index (χ1n) is 7.58. The van der Waals surface area contributed by atoms with Crippen LogP contribution in [-0.4, -0.2) is 6.54 Å². The van der Waals surface area contributed by atoms with Crippen LogP contribution < -0.4 is 5.32 Å². The quantitative estimate of drug-likeness (QED) is 0.733. The number of thiophene rings is 1. The lowest BCUT2D eigenvalue weighted by molar-refractivity contribution is 0.362. The molecule has 1 aliphatic carbocycles. The molecule has 18 heavy (non-hydrogen) atoms. The molecule has 1 unspecified atom stereocenters. The van der Waals surface area contributed by atoms with E-state index in [0.717, 1.165) is 12.5 Å². The Balaban J connectivity index is 1.99. The highest BCUT2D eigenvalue weighted by atomic mass is 32.1. The highest BCUT2D eigenvalue weighted by Crippen LogP contribution is 2.34. The van der Waals surface area contributed by atoms with E-state index < -0.39 is 0 Å². The van der Waals surface area contributed by atoms with Crippen LogP contribution in [0.25, 0.3) is 0 Å². The van der Waals surface area contributed by atoms with E-state index in [1.807, 2.05) is 11.3 Å². The Morgan fingerprint density at radius 2 is 2.00 bits per heavy atom. The maximum absolute atomic E-state index is 3.70. The summed E-state index contributed by atoms with van der Waals surface area (Å²) in [6.07, 6.45) is 10.1. The molecule has 0 saturated heterocycles. The highest BCUT2D eigenvalue weighted by molar-refractivity contribution is 7.10. The summed E-state index contributed by atoms with van der Waals surface area (Å²) in [4.78, 5) is 1.57. The van der Waals surface area contributed by atoms with Gasteiger partial charge in [0, 0.05) is 10.9 Å². The van der Waals surface area contributed by atoms with Gasteiger partial charge in [0.05, 0.1) is 0 Å². The van der Waals surface area contributed by atoms with E-state index in [2.05, 4.69) is 30.6 Å². The minimum atomic E-state index is 0.595. The zero-order chi connectivity index (χ0) is 12.8. The SMILES string of the molecule is CCNC(CC1CCCCCC1)c1sccc1C. The lowest BCUT2D eigenvalue weighted by atomic mass is 9.91. The molecule has 1 aromatic heterocycles. The van der Waals surface area contributed by atoms with Gasteiger partial charge in [-0.1, -0.05) is 45.4 Å². The van der Waals surface area contributed by atoms with Gasteiger partial charge < -0.3 is 5.32 Å². The van der Waals surface area contributed by atoms with Crippen molar-refractivity contribution in [2.75, 3.05) is 6.54 Å². The Morgan fingerprint density at radius 3 is 2.56 bits per heavy atom. The molecule has 1 saturated carbocycles. The molecule has 2 heteroatoms. The van der Waals surface area contributed by atoms with E-state index in [0.29, 0.717) is 6.04 Å². The number of hydrogen-bond donors (Lipinski definition) is 1. The minimum Gasteiger partial charge on any atom is -0.310 e. The van der Waals surface area contributed by atoms with Crippen LogP contribution in [0.4, 0.5) is 0 Å². The van der Waals surface area contributed by atoms with Gasteiger partial charge in [0.15, 0.2) is 0 Å². The van der Waals surface area contributed by atoms with Gasteiger partial charge in [-0.3, -0.25) is 0 Å². The molecule has 0 amide bonds. The van der Waals surface area contributed by atoms with E-state index in [-0.39, 0.29) is 0 Å². The standard InChI is InChI=1S/C16H27NS/c1-3-17-15(16-13(2)10-11-18-16)12-14-8-6-4-5-7-9-14/h10-11,14-15,17H,3-9,12H2,1-2H3. The van der Waals surface area contributed by atoms with E-state index in [9.17, 15) is 0 Å². The molecule has 1 atom stereocenters. The smallest absolute Gasteiger partial charge is 0.0420 e. The van der Waals surface area contributed by atoms with Crippen molar-refractivity contribution in [3.05, 3.63) is 21.9 Å². The monoisotopic (exact) mass is 265 g/mol. The predicted molar refractivity (Wildman–Crippen MR) is 81.3 cm³/mol. The van der Waals surface area contributed by atoms with Crippen molar-refractivity contribution in [2.45, 2.75) is 64.8 Å². The third-order valence-corrected chi connectivity index (χ3v) is 5.35. The topological polar surface area (TPSA) is 12.0 Å². The second-order valence-electron chi connectivity index (χ2n) is 5.67. The number of aryl methyl sites for hydroxylation is 1. The molecule has 0 bridgehead atoms. The molecule has 102 valence electrons. The van der Waals surface area contributed by atoms with Gasteiger partial charge in [-0.15, -0.1) is 11.3 Å². The van der Waals surface area contributed by atoms with Crippen molar-refractivity contribution < 1.29 is 0 Å². The fourth-order valence-corrected chi connectivity index (χ4v) is 4.22. The van der Waals surface area contributed by atoms with E-state index >= 15 is 0 Å². The second kappa shape index (κ2) is 7.30. The normalized spacial score (nSPS) is 19.7. The van der Waals surface area contributed by atoms with Gasteiger partial charge in [0.2, 0.25) is 0 Å². The van der Waals surface area contributed by atoms with Gasteiger partial charge in [-0.05, 0) is 42.8 Å². The Hall–Kier alpha value is -0.340. The largest absolute Gasteiger partial charge is 0.310 e. The summed E-state index contributed by atoms with van der Waals surface area (Å²) in [5, 5.41) is 5.94. The van der Waals surface area contributed by atoms with Crippen molar-refractivity contribution in [2.24, 2.45) is 5.92 Å². The van der Waals surface area contributed by atoms with E-state index in [1.165, 1.54) is 50.5 Å². The maximum Gasteiger partial charge on any atom is 0.0420 e. The first-order valence-corrected chi connectivity index (χ1v) is 8.46. The van der Waals surface area contributed by atoms with Crippen molar-refractivity contribution in [3.63, 3.8) is 0 Å². The summed E-state index contributed by atoms with van der Waals surface area (Å²) < 4.78 is 0. The zero-order valence-electron chi connectivity index (χ0n) is 11.9.